The number of Topliss-reactive ketones (excluding diaryl/α,β-unsaturated/α-hetero) is 1. The van der Waals surface area contributed by atoms with Crippen molar-refractivity contribution < 1.29 is 19.1 Å². The van der Waals surface area contributed by atoms with Crippen LogP contribution in [0.4, 0.5) is 5.69 Å². The molecule has 0 aliphatic rings. The average Bonchev–Trinajstić information content (AvgIpc) is 2.98. The molecule has 0 spiro atoms. The summed E-state index contributed by atoms with van der Waals surface area (Å²) in [5.41, 5.74) is 0.573. The predicted octanol–water partition coefficient (Wildman–Crippen LogP) is 9.51. The Labute approximate surface area is 256 Å². The number of carbonyl (C=O) groups is 3. The summed E-state index contributed by atoms with van der Waals surface area (Å²) in [7, 11) is 0. The Hall–Kier alpha value is -2.37. The first-order valence-electron chi connectivity index (χ1n) is 15.3. The van der Waals surface area contributed by atoms with Crippen molar-refractivity contribution >= 4 is 46.5 Å². The summed E-state index contributed by atoms with van der Waals surface area (Å²) in [6.07, 6.45) is 14.7. The summed E-state index contributed by atoms with van der Waals surface area (Å²) in [4.78, 5) is 38.0. The van der Waals surface area contributed by atoms with Crippen LogP contribution in [0, 0.1) is 0 Å². The van der Waals surface area contributed by atoms with Crippen molar-refractivity contribution in [1.29, 1.82) is 0 Å². The Morgan fingerprint density at radius 2 is 1.27 bits per heavy atom. The van der Waals surface area contributed by atoms with Gasteiger partial charge in [-0.05, 0) is 44.7 Å². The number of ketones is 1. The van der Waals surface area contributed by atoms with Gasteiger partial charge in [-0.25, -0.2) is 4.79 Å². The normalized spacial score (nSPS) is 14.0. The number of alkyl halides is 2. The standard InChI is InChI=1S/C34H47Cl2NO4/c1-3-4-5-6-7-8-9-10-11-12-19-24-30(26-25-27(2)35)41-33(40)34(36,31(38)28-20-15-13-16-21-28)32(39)37-29-22-17-14-18-23-29/h13-18,20-23,27,30H,3-12,19,24-26H2,1-2H3,(H,37,39). The summed E-state index contributed by atoms with van der Waals surface area (Å²) in [5.74, 6) is -2.82. The first-order valence-corrected chi connectivity index (χ1v) is 16.1. The number of benzene rings is 2. The largest absolute Gasteiger partial charge is 0.460 e. The number of hydrogen-bond donors (Lipinski definition) is 1. The van der Waals surface area contributed by atoms with Gasteiger partial charge in [0.1, 0.15) is 6.10 Å². The number of nitrogens with one attached hydrogen (secondary N) is 1. The Balaban J connectivity index is 2.03. The quantitative estimate of drug-likeness (QED) is 0.0506. The van der Waals surface area contributed by atoms with Crippen molar-refractivity contribution in [3.05, 3.63) is 66.2 Å². The summed E-state index contributed by atoms with van der Waals surface area (Å²) < 4.78 is 5.85. The molecule has 1 N–H and O–H groups in total. The van der Waals surface area contributed by atoms with Crippen LogP contribution < -0.4 is 5.32 Å². The third-order valence-corrected chi connectivity index (χ3v) is 7.98. The zero-order valence-electron chi connectivity index (χ0n) is 24.7. The highest BCUT2D eigenvalue weighted by Gasteiger charge is 2.53. The van der Waals surface area contributed by atoms with Gasteiger partial charge in [-0.1, -0.05) is 131 Å². The number of para-hydroxylation sites is 1. The first-order chi connectivity index (χ1) is 19.8. The summed E-state index contributed by atoms with van der Waals surface area (Å²) >= 11 is 12.9. The molecular formula is C34H47Cl2NO4. The molecule has 0 saturated heterocycles. The fourth-order valence-corrected chi connectivity index (χ4v) is 5.09. The van der Waals surface area contributed by atoms with Crippen molar-refractivity contribution in [2.75, 3.05) is 5.32 Å². The number of halogens is 2. The molecule has 226 valence electrons. The maximum Gasteiger partial charge on any atom is 0.345 e. The van der Waals surface area contributed by atoms with Crippen LogP contribution in [0.25, 0.3) is 0 Å². The van der Waals surface area contributed by atoms with Gasteiger partial charge in [0.25, 0.3) is 10.8 Å². The van der Waals surface area contributed by atoms with Crippen LogP contribution in [0.15, 0.2) is 60.7 Å². The molecule has 1 amide bonds. The Kier molecular flexibility index (Phi) is 16.7. The van der Waals surface area contributed by atoms with Gasteiger partial charge in [0.2, 0.25) is 5.78 Å². The molecule has 0 saturated carbocycles. The van der Waals surface area contributed by atoms with Crippen LogP contribution in [0.5, 0.6) is 0 Å². The van der Waals surface area contributed by atoms with E-state index in [4.69, 9.17) is 27.9 Å². The molecule has 3 atom stereocenters. The van der Waals surface area contributed by atoms with E-state index in [9.17, 15) is 14.4 Å². The van der Waals surface area contributed by atoms with Crippen LogP contribution in [0.2, 0.25) is 0 Å². The smallest absolute Gasteiger partial charge is 0.345 e. The monoisotopic (exact) mass is 603 g/mol. The second-order valence-corrected chi connectivity index (χ2v) is 12.2. The lowest BCUT2D eigenvalue weighted by Crippen LogP contribution is -2.53. The second-order valence-electron chi connectivity index (χ2n) is 10.9. The molecule has 7 heteroatoms. The van der Waals surface area contributed by atoms with E-state index in [1.54, 1.807) is 48.5 Å². The van der Waals surface area contributed by atoms with E-state index < -0.39 is 28.6 Å². The van der Waals surface area contributed by atoms with E-state index in [0.717, 1.165) is 19.3 Å². The van der Waals surface area contributed by atoms with Crippen LogP contribution >= 0.6 is 23.2 Å². The van der Waals surface area contributed by atoms with Gasteiger partial charge in [-0.15, -0.1) is 11.6 Å². The van der Waals surface area contributed by atoms with Crippen molar-refractivity contribution in [2.24, 2.45) is 0 Å². The van der Waals surface area contributed by atoms with Crippen molar-refractivity contribution in [3.63, 3.8) is 0 Å². The molecule has 3 unspecified atom stereocenters. The zero-order chi connectivity index (χ0) is 29.9. The lowest BCUT2D eigenvalue weighted by molar-refractivity contribution is -0.153. The first kappa shape index (κ1) is 34.8. The number of esters is 1. The number of carbonyl (C=O) groups excluding carboxylic acids is 3. The van der Waals surface area contributed by atoms with Gasteiger partial charge < -0.3 is 10.1 Å². The number of rotatable bonds is 21. The molecule has 0 heterocycles. The number of amides is 1. The van der Waals surface area contributed by atoms with Gasteiger partial charge in [0.05, 0.1) is 0 Å². The Morgan fingerprint density at radius 3 is 1.80 bits per heavy atom. The predicted molar refractivity (Wildman–Crippen MR) is 170 cm³/mol. The number of hydrogen-bond acceptors (Lipinski definition) is 4. The average molecular weight is 605 g/mol. The maximum atomic E-state index is 13.6. The third kappa shape index (κ3) is 12.6. The van der Waals surface area contributed by atoms with Gasteiger partial charge >= 0.3 is 5.97 Å². The van der Waals surface area contributed by atoms with E-state index in [0.29, 0.717) is 24.9 Å². The third-order valence-electron chi connectivity index (χ3n) is 7.26. The van der Waals surface area contributed by atoms with Gasteiger partial charge in [0, 0.05) is 16.6 Å². The molecule has 0 aliphatic heterocycles. The van der Waals surface area contributed by atoms with E-state index in [1.807, 2.05) is 6.92 Å². The zero-order valence-corrected chi connectivity index (χ0v) is 26.2. The highest BCUT2D eigenvalue weighted by molar-refractivity contribution is 6.59. The number of ether oxygens (including phenoxy) is 1. The molecule has 5 nitrogen and oxygen atoms in total. The molecule has 0 fully saturated rings. The minimum Gasteiger partial charge on any atom is -0.460 e. The highest BCUT2D eigenvalue weighted by atomic mass is 35.5. The van der Waals surface area contributed by atoms with Crippen molar-refractivity contribution in [3.8, 4) is 0 Å². The fourth-order valence-electron chi connectivity index (χ4n) is 4.76. The van der Waals surface area contributed by atoms with E-state index in [1.165, 1.54) is 63.5 Å². The molecule has 2 rings (SSSR count). The molecule has 0 bridgehead atoms. The lowest BCUT2D eigenvalue weighted by atomic mass is 9.95. The van der Waals surface area contributed by atoms with E-state index in [2.05, 4.69) is 12.2 Å². The van der Waals surface area contributed by atoms with Crippen LogP contribution in [-0.2, 0) is 14.3 Å². The lowest BCUT2D eigenvalue weighted by Gasteiger charge is -2.26. The molecule has 41 heavy (non-hydrogen) atoms. The Morgan fingerprint density at radius 1 is 0.756 bits per heavy atom. The summed E-state index contributed by atoms with van der Waals surface area (Å²) in [6, 6.07) is 16.7. The topological polar surface area (TPSA) is 72.5 Å². The number of unbranched alkanes of at least 4 members (excludes halogenated alkanes) is 10. The summed E-state index contributed by atoms with van der Waals surface area (Å²) in [5, 5.41) is 2.52. The number of anilines is 1. The molecular weight excluding hydrogens is 557 g/mol. The van der Waals surface area contributed by atoms with Crippen LogP contribution in [0.1, 0.15) is 114 Å². The van der Waals surface area contributed by atoms with Gasteiger partial charge in [-0.3, -0.25) is 9.59 Å². The van der Waals surface area contributed by atoms with Gasteiger partial charge in [-0.2, -0.15) is 0 Å². The Bertz CT molecular complexity index is 1030. The fraction of sp³-hybridized carbons (Fsp3) is 0.559. The second kappa shape index (κ2) is 19.7. The van der Waals surface area contributed by atoms with Crippen LogP contribution in [-0.4, -0.2) is 34.0 Å². The molecule has 0 radical (unpaired) electrons. The minimum atomic E-state index is -2.57. The molecule has 2 aromatic rings. The van der Waals surface area contributed by atoms with Crippen LogP contribution in [0.3, 0.4) is 0 Å². The maximum absolute atomic E-state index is 13.6. The van der Waals surface area contributed by atoms with E-state index >= 15 is 0 Å². The van der Waals surface area contributed by atoms with Crippen molar-refractivity contribution in [1.82, 2.24) is 0 Å². The molecule has 0 aliphatic carbocycles. The van der Waals surface area contributed by atoms with Crippen molar-refractivity contribution in [2.45, 2.75) is 120 Å². The highest BCUT2D eigenvalue weighted by Crippen LogP contribution is 2.28. The minimum absolute atomic E-state index is 0.0957. The summed E-state index contributed by atoms with van der Waals surface area (Å²) in [6.45, 7) is 4.13. The molecule has 0 aromatic heterocycles. The van der Waals surface area contributed by atoms with E-state index in [-0.39, 0.29) is 10.9 Å². The van der Waals surface area contributed by atoms with Gasteiger partial charge in [0.15, 0.2) is 0 Å². The molecule has 2 aromatic carbocycles. The SMILES string of the molecule is CCCCCCCCCCCCCC(CCC(C)Cl)OC(=O)C(Cl)(C(=O)Nc1ccccc1)C(=O)c1ccccc1.